The van der Waals surface area contributed by atoms with Crippen molar-refractivity contribution in [3.63, 3.8) is 0 Å². The molecule has 2 aromatic rings. The number of halogens is 2. The van der Waals surface area contributed by atoms with E-state index in [1.807, 2.05) is 6.92 Å². The van der Waals surface area contributed by atoms with Crippen LogP contribution in [0.3, 0.4) is 0 Å². The van der Waals surface area contributed by atoms with Gasteiger partial charge in [-0.3, -0.25) is 9.59 Å². The van der Waals surface area contributed by atoms with Crippen molar-refractivity contribution in [3.05, 3.63) is 46.4 Å². The number of ether oxygens (including phenoxy) is 1. The molecular weight excluding hydrogens is 389 g/mol. The summed E-state index contributed by atoms with van der Waals surface area (Å²) in [7, 11) is 1.53. The maximum atomic E-state index is 12.2. The Morgan fingerprint density at radius 3 is 2.37 bits per heavy atom. The second-order valence-corrected chi connectivity index (χ2v) is 6.56. The van der Waals surface area contributed by atoms with Crippen LogP contribution in [0.4, 0.5) is 17.1 Å². The summed E-state index contributed by atoms with van der Waals surface area (Å²) < 4.78 is 5.09. The van der Waals surface area contributed by atoms with E-state index in [1.54, 1.807) is 36.4 Å². The van der Waals surface area contributed by atoms with Gasteiger partial charge in [0.1, 0.15) is 5.75 Å². The third kappa shape index (κ3) is 6.34. The highest BCUT2D eigenvalue weighted by atomic mass is 35.5. The maximum Gasteiger partial charge on any atom is 0.243 e. The number of rotatable bonds is 8. The molecule has 0 bridgehead atoms. The van der Waals surface area contributed by atoms with Crippen LogP contribution in [0.15, 0.2) is 36.4 Å². The number of carbonyl (C=O) groups is 2. The predicted octanol–water partition coefficient (Wildman–Crippen LogP) is 4.79. The van der Waals surface area contributed by atoms with Crippen LogP contribution in [-0.4, -0.2) is 25.5 Å². The third-order valence-corrected chi connectivity index (χ3v) is 4.23. The minimum absolute atomic E-state index is 0.0193. The lowest BCUT2D eigenvalue weighted by atomic mass is 10.2. The van der Waals surface area contributed by atoms with Gasteiger partial charge in [-0.15, -0.1) is 0 Å². The molecule has 0 atom stereocenters. The summed E-state index contributed by atoms with van der Waals surface area (Å²) in [4.78, 5) is 23.9. The monoisotopic (exact) mass is 409 g/mol. The SMILES string of the molecule is CCCC(=O)Nc1ccc(Cl)c(NC(=O)CNc2ccc(OC)c(Cl)c2)c1. The van der Waals surface area contributed by atoms with Gasteiger partial charge in [-0.05, 0) is 42.8 Å². The van der Waals surface area contributed by atoms with Crippen LogP contribution in [0.25, 0.3) is 0 Å². The Morgan fingerprint density at radius 1 is 0.963 bits per heavy atom. The Hall–Kier alpha value is -2.44. The number of benzene rings is 2. The van der Waals surface area contributed by atoms with Gasteiger partial charge in [-0.1, -0.05) is 30.1 Å². The van der Waals surface area contributed by atoms with Gasteiger partial charge in [0.15, 0.2) is 0 Å². The van der Waals surface area contributed by atoms with E-state index in [4.69, 9.17) is 27.9 Å². The quantitative estimate of drug-likeness (QED) is 0.585. The van der Waals surface area contributed by atoms with Gasteiger partial charge >= 0.3 is 0 Å². The smallest absolute Gasteiger partial charge is 0.243 e. The van der Waals surface area contributed by atoms with Gasteiger partial charge in [-0.2, -0.15) is 0 Å². The number of carbonyl (C=O) groups excluding carboxylic acids is 2. The average molecular weight is 410 g/mol. The number of amides is 2. The predicted molar refractivity (Wildman–Crippen MR) is 110 cm³/mol. The molecule has 2 aromatic carbocycles. The molecular formula is C19H21Cl2N3O3. The van der Waals surface area contributed by atoms with E-state index in [0.29, 0.717) is 39.3 Å². The van der Waals surface area contributed by atoms with E-state index in [-0.39, 0.29) is 18.4 Å². The molecule has 0 heterocycles. The van der Waals surface area contributed by atoms with Crippen LogP contribution in [0.1, 0.15) is 19.8 Å². The molecule has 0 saturated heterocycles. The van der Waals surface area contributed by atoms with Crippen LogP contribution in [0.5, 0.6) is 5.75 Å². The number of hydrogen-bond donors (Lipinski definition) is 3. The molecule has 0 unspecified atom stereocenters. The molecule has 2 rings (SSSR count). The van der Waals surface area contributed by atoms with Crippen molar-refractivity contribution >= 4 is 52.1 Å². The van der Waals surface area contributed by atoms with E-state index in [9.17, 15) is 9.59 Å². The Morgan fingerprint density at radius 2 is 1.70 bits per heavy atom. The first-order valence-electron chi connectivity index (χ1n) is 8.39. The maximum absolute atomic E-state index is 12.2. The standard InChI is InChI=1S/C19H21Cl2N3O3/c1-3-4-18(25)23-13-5-7-14(20)16(10-13)24-19(26)11-22-12-6-8-17(27-2)15(21)9-12/h5-10,22H,3-4,11H2,1-2H3,(H,23,25)(H,24,26). The zero-order chi connectivity index (χ0) is 19.8. The highest BCUT2D eigenvalue weighted by Crippen LogP contribution is 2.28. The molecule has 3 N–H and O–H groups in total. The van der Waals surface area contributed by atoms with Crippen molar-refractivity contribution in [2.24, 2.45) is 0 Å². The number of nitrogens with one attached hydrogen (secondary N) is 3. The molecule has 0 aliphatic heterocycles. The van der Waals surface area contributed by atoms with Crippen LogP contribution >= 0.6 is 23.2 Å². The zero-order valence-electron chi connectivity index (χ0n) is 15.1. The number of hydrogen-bond acceptors (Lipinski definition) is 4. The summed E-state index contributed by atoms with van der Waals surface area (Å²) in [6, 6.07) is 10.1. The van der Waals surface area contributed by atoms with E-state index in [0.717, 1.165) is 6.42 Å². The zero-order valence-corrected chi connectivity index (χ0v) is 16.6. The molecule has 0 saturated carbocycles. The highest BCUT2D eigenvalue weighted by molar-refractivity contribution is 6.34. The first-order valence-corrected chi connectivity index (χ1v) is 9.15. The third-order valence-electron chi connectivity index (χ3n) is 3.61. The number of methoxy groups -OCH3 is 1. The fourth-order valence-electron chi connectivity index (χ4n) is 2.30. The van der Waals surface area contributed by atoms with Crippen LogP contribution in [0, 0.1) is 0 Å². The minimum Gasteiger partial charge on any atom is -0.495 e. The van der Waals surface area contributed by atoms with Gasteiger partial charge in [0, 0.05) is 17.8 Å². The highest BCUT2D eigenvalue weighted by Gasteiger charge is 2.09. The van der Waals surface area contributed by atoms with Gasteiger partial charge in [0.05, 0.1) is 29.4 Å². The van der Waals surface area contributed by atoms with Crippen molar-refractivity contribution in [3.8, 4) is 5.75 Å². The van der Waals surface area contributed by atoms with Crippen molar-refractivity contribution in [1.29, 1.82) is 0 Å². The van der Waals surface area contributed by atoms with Crippen LogP contribution in [0.2, 0.25) is 10.0 Å². The van der Waals surface area contributed by atoms with Gasteiger partial charge in [0.25, 0.3) is 0 Å². The summed E-state index contributed by atoms with van der Waals surface area (Å²) in [6.07, 6.45) is 1.18. The van der Waals surface area contributed by atoms with E-state index < -0.39 is 0 Å². The van der Waals surface area contributed by atoms with Crippen molar-refractivity contribution in [1.82, 2.24) is 0 Å². The van der Waals surface area contributed by atoms with Crippen molar-refractivity contribution < 1.29 is 14.3 Å². The molecule has 0 aliphatic rings. The van der Waals surface area contributed by atoms with E-state index in [2.05, 4.69) is 16.0 Å². The Labute approximate surface area is 168 Å². The topological polar surface area (TPSA) is 79.5 Å². The van der Waals surface area contributed by atoms with Crippen LogP contribution < -0.4 is 20.7 Å². The fraction of sp³-hybridized carbons (Fsp3) is 0.263. The average Bonchev–Trinajstić information content (AvgIpc) is 2.63. The largest absolute Gasteiger partial charge is 0.495 e. The Bertz CT molecular complexity index is 828. The molecule has 8 heteroatoms. The lowest BCUT2D eigenvalue weighted by Crippen LogP contribution is -2.22. The lowest BCUT2D eigenvalue weighted by Gasteiger charge is -2.12. The number of anilines is 3. The van der Waals surface area contributed by atoms with Crippen molar-refractivity contribution in [2.75, 3.05) is 29.6 Å². The summed E-state index contributed by atoms with van der Waals surface area (Å²) >= 11 is 12.2. The molecule has 27 heavy (non-hydrogen) atoms. The lowest BCUT2D eigenvalue weighted by molar-refractivity contribution is -0.116. The second-order valence-electron chi connectivity index (χ2n) is 5.74. The molecule has 2 amide bonds. The summed E-state index contributed by atoms with van der Waals surface area (Å²) in [5.41, 5.74) is 1.68. The summed E-state index contributed by atoms with van der Waals surface area (Å²) in [5, 5.41) is 9.29. The molecule has 6 nitrogen and oxygen atoms in total. The van der Waals surface area contributed by atoms with E-state index in [1.165, 1.54) is 7.11 Å². The van der Waals surface area contributed by atoms with Gasteiger partial charge in [0.2, 0.25) is 11.8 Å². The normalized spacial score (nSPS) is 10.2. The molecule has 0 radical (unpaired) electrons. The molecule has 0 spiro atoms. The van der Waals surface area contributed by atoms with E-state index >= 15 is 0 Å². The fourth-order valence-corrected chi connectivity index (χ4v) is 2.72. The second kappa shape index (κ2) is 10.0. The Kier molecular flexibility index (Phi) is 7.76. The minimum atomic E-state index is -0.291. The molecule has 144 valence electrons. The molecule has 0 aromatic heterocycles. The summed E-state index contributed by atoms with van der Waals surface area (Å²) in [5.74, 6) is 0.177. The first kappa shape index (κ1) is 20.9. The Balaban J connectivity index is 1.96. The van der Waals surface area contributed by atoms with Gasteiger partial charge in [-0.25, -0.2) is 0 Å². The van der Waals surface area contributed by atoms with Crippen molar-refractivity contribution in [2.45, 2.75) is 19.8 Å². The summed E-state index contributed by atoms with van der Waals surface area (Å²) in [6.45, 7) is 1.95. The first-order chi connectivity index (χ1) is 12.9. The molecule has 0 aliphatic carbocycles. The van der Waals surface area contributed by atoms with Gasteiger partial charge < -0.3 is 20.7 Å². The van der Waals surface area contributed by atoms with Crippen LogP contribution in [-0.2, 0) is 9.59 Å². The molecule has 0 fully saturated rings.